The number of aliphatic hydroxyl groups excluding tert-OH is 1. The highest BCUT2D eigenvalue weighted by molar-refractivity contribution is 6.46. The van der Waals surface area contributed by atoms with Crippen molar-refractivity contribution in [3.63, 3.8) is 0 Å². The Morgan fingerprint density at radius 2 is 1.89 bits per heavy atom. The molecule has 2 saturated heterocycles. The topological polar surface area (TPSA) is 109 Å². The van der Waals surface area contributed by atoms with Crippen LogP contribution in [-0.2, 0) is 14.3 Å². The number of ketones is 1. The summed E-state index contributed by atoms with van der Waals surface area (Å²) in [6.07, 6.45) is 2.11. The van der Waals surface area contributed by atoms with Crippen molar-refractivity contribution in [2.24, 2.45) is 0 Å². The Hall–Kier alpha value is -3.59. The van der Waals surface area contributed by atoms with Crippen molar-refractivity contribution in [1.29, 1.82) is 0 Å². The van der Waals surface area contributed by atoms with Crippen molar-refractivity contribution in [2.45, 2.75) is 38.8 Å². The second kappa shape index (κ2) is 11.0. The molecule has 36 heavy (non-hydrogen) atoms. The maximum absolute atomic E-state index is 13.3. The average molecular weight is 514 g/mol. The Morgan fingerprint density at radius 1 is 1.14 bits per heavy atom. The molecule has 0 saturated carbocycles. The lowest BCUT2D eigenvalue weighted by atomic mass is 9.96. The molecule has 1 aromatic heterocycles. The third-order valence-electron chi connectivity index (χ3n) is 6.34. The summed E-state index contributed by atoms with van der Waals surface area (Å²) >= 11 is 6.20. The minimum Gasteiger partial charge on any atom is -0.507 e. The summed E-state index contributed by atoms with van der Waals surface area (Å²) < 4.78 is 10.6. The fourth-order valence-electron chi connectivity index (χ4n) is 4.67. The number of ether oxygens (including phenoxy) is 2. The highest BCUT2D eigenvalue weighted by Gasteiger charge is 2.50. The largest absolute Gasteiger partial charge is 0.507 e. The van der Waals surface area contributed by atoms with Crippen molar-refractivity contribution in [2.75, 3.05) is 26.3 Å². The van der Waals surface area contributed by atoms with E-state index in [0.29, 0.717) is 54.6 Å². The fraction of sp³-hybridized carbons (Fsp3) is 0.385. The van der Waals surface area contributed by atoms with Gasteiger partial charge in [-0.05, 0) is 57.0 Å². The first-order valence-corrected chi connectivity index (χ1v) is 12.3. The summed E-state index contributed by atoms with van der Waals surface area (Å²) in [7, 11) is 0. The Kier molecular flexibility index (Phi) is 7.79. The first-order chi connectivity index (χ1) is 17.4. The summed E-state index contributed by atoms with van der Waals surface area (Å²) in [6, 6.07) is 8.70. The molecule has 2 aliphatic heterocycles. The lowest BCUT2D eigenvalue weighted by Crippen LogP contribution is -2.48. The molecule has 2 amide bonds. The van der Waals surface area contributed by atoms with Crippen LogP contribution in [0.1, 0.15) is 44.0 Å². The second-order valence-electron chi connectivity index (χ2n) is 8.46. The van der Waals surface area contributed by atoms with E-state index in [0.717, 1.165) is 0 Å². The molecule has 2 aromatic rings. The second-order valence-corrected chi connectivity index (χ2v) is 8.86. The summed E-state index contributed by atoms with van der Waals surface area (Å²) in [5.74, 6) is -1.46. The van der Waals surface area contributed by atoms with Gasteiger partial charge >= 0.3 is 6.09 Å². The number of Topliss-reactive ketones (excluding diaryl/α,β-unsaturated/α-hetero) is 1. The number of carbonyl (C=O) groups is 3. The van der Waals surface area contributed by atoms with Crippen LogP contribution in [0.2, 0.25) is 5.02 Å². The zero-order valence-electron chi connectivity index (χ0n) is 20.1. The van der Waals surface area contributed by atoms with Gasteiger partial charge in [-0.15, -0.1) is 0 Å². The van der Waals surface area contributed by atoms with Gasteiger partial charge in [0, 0.05) is 30.9 Å². The molecule has 1 aromatic carbocycles. The smallest absolute Gasteiger partial charge is 0.409 e. The Morgan fingerprint density at radius 3 is 2.53 bits per heavy atom. The number of pyridine rings is 1. The van der Waals surface area contributed by atoms with Crippen LogP contribution in [0.3, 0.4) is 0 Å². The van der Waals surface area contributed by atoms with Crippen molar-refractivity contribution >= 4 is 35.1 Å². The van der Waals surface area contributed by atoms with E-state index in [1.54, 1.807) is 54.4 Å². The van der Waals surface area contributed by atoms with E-state index in [-0.39, 0.29) is 24.0 Å². The molecule has 1 N–H and O–H groups in total. The molecule has 3 heterocycles. The molecular formula is C26H28ClN3O6. The number of likely N-dealkylation sites (tertiary alicyclic amines) is 2. The van der Waals surface area contributed by atoms with Crippen LogP contribution in [0.5, 0.6) is 5.75 Å². The molecule has 2 aliphatic rings. The molecule has 9 nitrogen and oxygen atoms in total. The van der Waals surface area contributed by atoms with E-state index in [2.05, 4.69) is 4.98 Å². The number of benzene rings is 1. The molecule has 4 rings (SSSR count). The number of nitrogens with zero attached hydrogens (tertiary/aromatic N) is 3. The molecule has 2 fully saturated rings. The number of hydrogen-bond donors (Lipinski definition) is 1. The van der Waals surface area contributed by atoms with Crippen LogP contribution < -0.4 is 4.74 Å². The Bertz CT molecular complexity index is 1180. The van der Waals surface area contributed by atoms with E-state index < -0.39 is 23.8 Å². The highest BCUT2D eigenvalue weighted by Crippen LogP contribution is 2.42. The van der Waals surface area contributed by atoms with Gasteiger partial charge in [0.05, 0.1) is 29.5 Å². The molecule has 1 unspecified atom stereocenters. The molecule has 0 aliphatic carbocycles. The van der Waals surface area contributed by atoms with E-state index in [9.17, 15) is 19.5 Å². The summed E-state index contributed by atoms with van der Waals surface area (Å²) in [5.41, 5.74) is 0.722. The van der Waals surface area contributed by atoms with Gasteiger partial charge in [-0.2, -0.15) is 0 Å². The van der Waals surface area contributed by atoms with Crippen LogP contribution in [-0.4, -0.2) is 70.0 Å². The third kappa shape index (κ3) is 4.88. The zero-order valence-corrected chi connectivity index (χ0v) is 20.9. The van der Waals surface area contributed by atoms with Gasteiger partial charge in [0.25, 0.3) is 11.7 Å². The summed E-state index contributed by atoms with van der Waals surface area (Å²) in [5, 5.41) is 11.7. The molecule has 190 valence electrons. The highest BCUT2D eigenvalue weighted by atomic mass is 35.5. The van der Waals surface area contributed by atoms with Crippen LogP contribution in [0.15, 0.2) is 48.2 Å². The number of carbonyl (C=O) groups excluding carboxylic acids is 3. The maximum Gasteiger partial charge on any atom is 0.409 e. The zero-order chi connectivity index (χ0) is 25.8. The number of piperidine rings is 1. The van der Waals surface area contributed by atoms with E-state index in [1.807, 2.05) is 6.92 Å². The first-order valence-electron chi connectivity index (χ1n) is 11.9. The Labute approximate surface area is 214 Å². The van der Waals surface area contributed by atoms with E-state index in [4.69, 9.17) is 21.1 Å². The fourth-order valence-corrected chi connectivity index (χ4v) is 4.84. The van der Waals surface area contributed by atoms with Crippen molar-refractivity contribution in [3.05, 3.63) is 64.4 Å². The maximum atomic E-state index is 13.3. The van der Waals surface area contributed by atoms with Gasteiger partial charge < -0.3 is 24.4 Å². The summed E-state index contributed by atoms with van der Waals surface area (Å²) in [4.78, 5) is 46.3. The predicted octanol–water partition coefficient (Wildman–Crippen LogP) is 4.18. The molecular weight excluding hydrogens is 486 g/mol. The number of halogens is 1. The van der Waals surface area contributed by atoms with Crippen molar-refractivity contribution < 1.29 is 29.0 Å². The molecule has 0 spiro atoms. The SMILES string of the molecule is CCOC(=O)N1CCC(N2C(=O)C(=O)/C(=C(/O)c3ccc(Cl)c(OCC)c3)C2c2ccccn2)CC1. The number of aliphatic hydroxyl groups is 1. The van der Waals surface area contributed by atoms with Gasteiger partial charge in [-0.25, -0.2) is 4.79 Å². The van der Waals surface area contributed by atoms with Crippen LogP contribution in [0, 0.1) is 0 Å². The number of aromatic nitrogens is 1. The minimum atomic E-state index is -0.878. The van der Waals surface area contributed by atoms with Gasteiger partial charge in [0.1, 0.15) is 17.6 Å². The number of hydrogen-bond acceptors (Lipinski definition) is 7. The van der Waals surface area contributed by atoms with Crippen LogP contribution in [0.4, 0.5) is 4.79 Å². The van der Waals surface area contributed by atoms with Gasteiger partial charge in [0.2, 0.25) is 0 Å². The van der Waals surface area contributed by atoms with Crippen LogP contribution in [0.25, 0.3) is 5.76 Å². The predicted molar refractivity (Wildman–Crippen MR) is 133 cm³/mol. The monoisotopic (exact) mass is 513 g/mol. The first kappa shape index (κ1) is 25.5. The average Bonchev–Trinajstić information content (AvgIpc) is 3.16. The number of amides is 2. The lowest BCUT2D eigenvalue weighted by Gasteiger charge is -2.38. The van der Waals surface area contributed by atoms with Crippen molar-refractivity contribution in [3.8, 4) is 5.75 Å². The summed E-state index contributed by atoms with van der Waals surface area (Å²) in [6.45, 7) is 4.97. The van der Waals surface area contributed by atoms with Gasteiger partial charge in [0.15, 0.2) is 0 Å². The lowest BCUT2D eigenvalue weighted by molar-refractivity contribution is -0.142. The van der Waals surface area contributed by atoms with Crippen molar-refractivity contribution in [1.82, 2.24) is 14.8 Å². The molecule has 0 radical (unpaired) electrons. The number of rotatable bonds is 6. The Balaban J connectivity index is 1.73. The standard InChI is InChI=1S/C26H28ClN3O6/c1-3-35-20-15-16(8-9-18(20)27)23(31)21-22(19-7-5-6-12-28-19)30(25(33)24(21)32)17-10-13-29(14-11-17)26(34)36-4-2/h5-9,12,15,17,22,31H,3-4,10-11,13-14H2,1-2H3/b23-21+. The van der Waals surface area contributed by atoms with Gasteiger partial charge in [-0.3, -0.25) is 14.6 Å². The molecule has 10 heteroatoms. The quantitative estimate of drug-likeness (QED) is 0.350. The minimum absolute atomic E-state index is 0.0451. The molecule has 1 atom stereocenters. The van der Waals surface area contributed by atoms with Gasteiger partial charge in [-0.1, -0.05) is 17.7 Å². The normalized spacial score (nSPS) is 20.0. The third-order valence-corrected chi connectivity index (χ3v) is 6.65. The van der Waals surface area contributed by atoms with Crippen LogP contribution >= 0.6 is 11.6 Å². The molecule has 0 bridgehead atoms. The van der Waals surface area contributed by atoms with E-state index >= 15 is 0 Å². The van der Waals surface area contributed by atoms with E-state index in [1.165, 1.54) is 4.90 Å².